The van der Waals surface area contributed by atoms with Gasteiger partial charge in [-0.1, -0.05) is 212 Å². The second-order valence-corrected chi connectivity index (χ2v) is 16.4. The van der Waals surface area contributed by atoms with E-state index >= 15 is 0 Å². The van der Waals surface area contributed by atoms with E-state index in [4.69, 9.17) is 15.0 Å². The second kappa shape index (κ2) is 18.1. The van der Waals surface area contributed by atoms with E-state index in [9.17, 15) is 0 Å². The van der Waals surface area contributed by atoms with Crippen LogP contribution in [0.25, 0.3) is 112 Å². The molecule has 0 aliphatic rings. The number of hydrogen-bond donors (Lipinski definition) is 0. The van der Waals surface area contributed by atoms with Gasteiger partial charge in [0.15, 0.2) is 0 Å². The van der Waals surface area contributed by atoms with Crippen molar-refractivity contribution >= 4 is 0 Å². The van der Waals surface area contributed by atoms with Crippen LogP contribution in [0.15, 0.2) is 261 Å². The molecule has 3 aromatic heterocycles. The highest BCUT2D eigenvalue weighted by Gasteiger charge is 2.13. The topological polar surface area (TPSA) is 38.7 Å². The van der Waals surface area contributed by atoms with Crippen LogP contribution in [0.4, 0.5) is 0 Å². The summed E-state index contributed by atoms with van der Waals surface area (Å²) >= 11 is 0. The van der Waals surface area contributed by atoms with Gasteiger partial charge in [-0.2, -0.15) is 0 Å². The summed E-state index contributed by atoms with van der Waals surface area (Å²) in [7, 11) is 0. The van der Waals surface area contributed by atoms with Gasteiger partial charge in [0.2, 0.25) is 0 Å². The van der Waals surface area contributed by atoms with E-state index in [0.29, 0.717) is 0 Å². The van der Waals surface area contributed by atoms with Gasteiger partial charge in [-0.3, -0.25) is 0 Å². The summed E-state index contributed by atoms with van der Waals surface area (Å²) in [5, 5.41) is 0. The number of pyridine rings is 3. The highest BCUT2D eigenvalue weighted by Crippen LogP contribution is 2.35. The van der Waals surface area contributed by atoms with Crippen LogP contribution in [-0.2, 0) is 0 Å². The third-order valence-electron chi connectivity index (χ3n) is 12.1. The molecule has 0 unspecified atom stereocenters. The molecule has 0 saturated heterocycles. The summed E-state index contributed by atoms with van der Waals surface area (Å²) in [6.07, 6.45) is 0. The molecular weight excluding hydrogens is 799 g/mol. The number of benzene rings is 8. The van der Waals surface area contributed by atoms with Gasteiger partial charge in [0.25, 0.3) is 0 Å². The fourth-order valence-electron chi connectivity index (χ4n) is 8.60. The Kier molecular flexibility index (Phi) is 11.0. The van der Waals surface area contributed by atoms with Gasteiger partial charge in [-0.05, 0) is 93.0 Å². The van der Waals surface area contributed by atoms with E-state index in [-0.39, 0.29) is 0 Å². The smallest absolute Gasteiger partial charge is 0.0715 e. The van der Waals surface area contributed by atoms with Crippen molar-refractivity contribution in [1.82, 2.24) is 15.0 Å². The zero-order valence-corrected chi connectivity index (χ0v) is 36.2. The summed E-state index contributed by atoms with van der Waals surface area (Å²) in [6, 6.07) is 91.7. The molecule has 0 aliphatic carbocycles. The molecule has 11 rings (SSSR count). The van der Waals surface area contributed by atoms with Crippen LogP contribution in [0.2, 0.25) is 0 Å². The molecule has 0 amide bonds. The quantitative estimate of drug-likeness (QED) is 0.138. The van der Waals surface area contributed by atoms with Gasteiger partial charge in [-0.25, -0.2) is 15.0 Å². The monoisotopic (exact) mass is 841 g/mol. The van der Waals surface area contributed by atoms with Crippen LogP contribution < -0.4 is 0 Å². The molecule has 0 fully saturated rings. The van der Waals surface area contributed by atoms with Gasteiger partial charge in [0.05, 0.1) is 34.2 Å². The predicted octanol–water partition coefficient (Wildman–Crippen LogP) is 16.5. The molecule has 11 aromatic rings. The van der Waals surface area contributed by atoms with Gasteiger partial charge in [-0.15, -0.1) is 0 Å². The minimum absolute atomic E-state index is 0.932. The average Bonchev–Trinajstić information content (AvgIpc) is 3.42. The number of hydrogen-bond acceptors (Lipinski definition) is 3. The molecule has 3 heteroatoms. The minimum atomic E-state index is 0.932. The molecular formula is C63H43N3. The molecule has 0 atom stereocenters. The summed E-state index contributed by atoms with van der Waals surface area (Å²) in [5.41, 5.74) is 21.3. The standard InChI is InChI=1S/C63H43N3/c1-5-16-48(17-6-1)60-40-56(41-61(65-60)49-18-7-2-8-19-49)46-34-30-44(31-35-46)52-24-13-26-54(38-52)58-28-15-29-59(64-58)55-27-14-25-53(39-55)45-32-36-47(37-33-45)57-42-62(50-20-9-3-10-21-50)66-63(43-57)51-22-11-4-12-23-51/h1-43H. The molecule has 0 spiro atoms. The van der Waals surface area contributed by atoms with E-state index in [2.05, 4.69) is 237 Å². The molecule has 0 aliphatic heterocycles. The van der Waals surface area contributed by atoms with E-state index in [0.717, 1.165) is 112 Å². The first-order chi connectivity index (χ1) is 32.7. The SMILES string of the molecule is c1ccc(-c2cc(-c3ccc(-c4cccc(-c5cccc(-c6cccc(-c7ccc(-c8cc(-c9ccccc9)nc(-c9ccccc9)c8)cc7)c6)n5)c4)cc3)cc(-c3ccccc3)n2)cc1. The van der Waals surface area contributed by atoms with E-state index in [1.54, 1.807) is 0 Å². The molecule has 0 radical (unpaired) electrons. The lowest BCUT2D eigenvalue weighted by molar-refractivity contribution is 1.32. The Labute approximate surface area is 386 Å². The van der Waals surface area contributed by atoms with Gasteiger partial charge >= 0.3 is 0 Å². The molecule has 66 heavy (non-hydrogen) atoms. The third-order valence-corrected chi connectivity index (χ3v) is 12.1. The van der Waals surface area contributed by atoms with Crippen molar-refractivity contribution in [2.75, 3.05) is 0 Å². The maximum atomic E-state index is 5.21. The van der Waals surface area contributed by atoms with E-state index in [1.165, 1.54) is 0 Å². The molecule has 0 N–H and O–H groups in total. The van der Waals surface area contributed by atoms with Crippen LogP contribution >= 0.6 is 0 Å². The maximum absolute atomic E-state index is 5.21. The summed E-state index contributed by atoms with van der Waals surface area (Å²) in [4.78, 5) is 15.4. The summed E-state index contributed by atoms with van der Waals surface area (Å²) < 4.78 is 0. The number of rotatable bonds is 10. The highest BCUT2D eigenvalue weighted by molar-refractivity contribution is 5.81. The Morgan fingerprint density at radius 1 is 0.136 bits per heavy atom. The Morgan fingerprint density at radius 2 is 0.379 bits per heavy atom. The summed E-state index contributed by atoms with van der Waals surface area (Å²) in [5.74, 6) is 0. The Hall–Kier alpha value is -8.79. The fourth-order valence-corrected chi connectivity index (χ4v) is 8.60. The zero-order chi connectivity index (χ0) is 44.1. The molecule has 310 valence electrons. The molecule has 3 nitrogen and oxygen atoms in total. The lowest BCUT2D eigenvalue weighted by atomic mass is 9.96. The van der Waals surface area contributed by atoms with Crippen LogP contribution in [-0.4, -0.2) is 15.0 Å². The minimum Gasteiger partial charge on any atom is -0.248 e. The van der Waals surface area contributed by atoms with Crippen molar-refractivity contribution in [2.24, 2.45) is 0 Å². The van der Waals surface area contributed by atoms with E-state index in [1.807, 2.05) is 24.3 Å². The predicted molar refractivity (Wildman–Crippen MR) is 274 cm³/mol. The Morgan fingerprint density at radius 3 is 0.697 bits per heavy atom. The van der Waals surface area contributed by atoms with Crippen molar-refractivity contribution in [1.29, 1.82) is 0 Å². The van der Waals surface area contributed by atoms with Crippen molar-refractivity contribution in [3.63, 3.8) is 0 Å². The Balaban J connectivity index is 0.845. The first kappa shape index (κ1) is 40.0. The molecule has 0 saturated carbocycles. The number of aromatic nitrogens is 3. The van der Waals surface area contributed by atoms with Gasteiger partial charge in [0.1, 0.15) is 0 Å². The average molecular weight is 842 g/mol. The van der Waals surface area contributed by atoms with Crippen LogP contribution in [0.1, 0.15) is 0 Å². The van der Waals surface area contributed by atoms with Gasteiger partial charge < -0.3 is 0 Å². The van der Waals surface area contributed by atoms with Crippen LogP contribution in [0.3, 0.4) is 0 Å². The molecule has 3 heterocycles. The first-order valence-electron chi connectivity index (χ1n) is 22.3. The van der Waals surface area contributed by atoms with Crippen molar-refractivity contribution in [2.45, 2.75) is 0 Å². The lowest BCUT2D eigenvalue weighted by Gasteiger charge is -2.12. The van der Waals surface area contributed by atoms with Crippen molar-refractivity contribution in [3.05, 3.63) is 261 Å². The first-order valence-corrected chi connectivity index (χ1v) is 22.3. The zero-order valence-electron chi connectivity index (χ0n) is 36.2. The third kappa shape index (κ3) is 8.62. The van der Waals surface area contributed by atoms with Crippen molar-refractivity contribution in [3.8, 4) is 112 Å². The lowest BCUT2D eigenvalue weighted by Crippen LogP contribution is -1.91. The summed E-state index contributed by atoms with van der Waals surface area (Å²) in [6.45, 7) is 0. The van der Waals surface area contributed by atoms with Gasteiger partial charge in [0, 0.05) is 33.4 Å². The second-order valence-electron chi connectivity index (χ2n) is 16.4. The fraction of sp³-hybridized carbons (Fsp3) is 0. The molecule has 8 aromatic carbocycles. The maximum Gasteiger partial charge on any atom is 0.0715 e. The Bertz CT molecular complexity index is 3080. The highest BCUT2D eigenvalue weighted by atomic mass is 14.7. The largest absolute Gasteiger partial charge is 0.248 e. The van der Waals surface area contributed by atoms with E-state index < -0.39 is 0 Å². The number of nitrogens with zero attached hydrogens (tertiary/aromatic N) is 3. The van der Waals surface area contributed by atoms with Crippen LogP contribution in [0, 0.1) is 0 Å². The molecule has 0 bridgehead atoms. The van der Waals surface area contributed by atoms with Crippen LogP contribution in [0.5, 0.6) is 0 Å². The normalized spacial score (nSPS) is 11.0. The van der Waals surface area contributed by atoms with Crippen molar-refractivity contribution < 1.29 is 0 Å².